The van der Waals surface area contributed by atoms with Gasteiger partial charge in [-0.05, 0) is 73.1 Å². The summed E-state index contributed by atoms with van der Waals surface area (Å²) in [6, 6.07) is 16.8. The highest BCUT2D eigenvalue weighted by atomic mass is 19.4. The lowest BCUT2D eigenvalue weighted by Crippen LogP contribution is -2.19. The molecule has 2 aromatic heterocycles. The van der Waals surface area contributed by atoms with Gasteiger partial charge in [-0.15, -0.1) is 5.10 Å². The number of aromatic nitrogens is 3. The number of nitrogens with zero attached hydrogens (tertiary/aromatic N) is 3. The Hall–Kier alpha value is -3.72. The van der Waals surface area contributed by atoms with Crippen LogP contribution in [0.2, 0.25) is 0 Å². The first-order valence-corrected chi connectivity index (χ1v) is 14.0. The fraction of sp³-hybridized carbons (Fsp3) is 0.375. The summed E-state index contributed by atoms with van der Waals surface area (Å²) in [4.78, 5) is 4.42. The summed E-state index contributed by atoms with van der Waals surface area (Å²) < 4.78 is 70.6. The number of ether oxygens (including phenoxy) is 2. The molecule has 9 heteroatoms. The second-order valence-corrected chi connectivity index (χ2v) is 10.4. The fourth-order valence-corrected chi connectivity index (χ4v) is 5.35. The second-order valence-electron chi connectivity index (χ2n) is 10.4. The number of hydrogen-bond donors (Lipinski definition) is 0. The van der Waals surface area contributed by atoms with Crippen LogP contribution in [0.5, 0.6) is 5.88 Å². The minimum absolute atomic E-state index is 0.0477. The fourth-order valence-electron chi connectivity index (χ4n) is 5.35. The van der Waals surface area contributed by atoms with E-state index in [0.717, 1.165) is 25.7 Å². The molecule has 2 unspecified atom stereocenters. The molecule has 0 saturated carbocycles. The molecule has 1 aliphatic rings. The number of alkyl halides is 3. The third-order valence-electron chi connectivity index (χ3n) is 7.22. The highest BCUT2D eigenvalue weighted by Crippen LogP contribution is 2.40. The highest BCUT2D eigenvalue weighted by molar-refractivity contribution is 6.00. The summed E-state index contributed by atoms with van der Waals surface area (Å²) in [6.07, 6.45) is -0.174. The molecule has 0 aliphatic carbocycles. The van der Waals surface area contributed by atoms with E-state index in [9.17, 15) is 13.2 Å². The van der Waals surface area contributed by atoms with Crippen molar-refractivity contribution in [2.24, 2.45) is 0 Å². The minimum atomic E-state index is -4.49. The molecule has 5 rings (SSSR count). The number of fused-ring (bicyclic) bond motifs is 1. The standard InChI is InChI=1S/C32H33F4N3O2/c1-3-9-21(2)41-28-16-14-24(20-37-28)30(26(19-32(34,35)36)22-10-5-4-6-11-22)23-13-15-27-25(18-23)31(33)38-39(27)29-12-7-8-17-40-29/h4-6,10-11,13-16,18,20-21,29H,3,7-9,12,17,19H2,1-2H3/b30-26-. The molecule has 0 radical (unpaired) electrons. The van der Waals surface area contributed by atoms with E-state index in [0.29, 0.717) is 46.7 Å². The van der Waals surface area contributed by atoms with Crippen molar-refractivity contribution in [1.82, 2.24) is 14.8 Å². The highest BCUT2D eigenvalue weighted by Gasteiger charge is 2.32. The number of hydrogen-bond acceptors (Lipinski definition) is 4. The summed E-state index contributed by atoms with van der Waals surface area (Å²) in [5.74, 6) is -0.305. The van der Waals surface area contributed by atoms with Gasteiger partial charge in [0.2, 0.25) is 11.8 Å². The quantitative estimate of drug-likeness (QED) is 0.150. The largest absolute Gasteiger partial charge is 0.475 e. The summed E-state index contributed by atoms with van der Waals surface area (Å²) in [6.45, 7) is 4.58. The van der Waals surface area contributed by atoms with Gasteiger partial charge in [0.25, 0.3) is 0 Å². The van der Waals surface area contributed by atoms with Gasteiger partial charge in [0.1, 0.15) is 0 Å². The zero-order valence-electron chi connectivity index (χ0n) is 23.1. The monoisotopic (exact) mass is 567 g/mol. The lowest BCUT2D eigenvalue weighted by Gasteiger charge is -2.23. The Labute approximate surface area is 236 Å². The zero-order chi connectivity index (χ0) is 29.0. The van der Waals surface area contributed by atoms with Crippen LogP contribution in [-0.2, 0) is 4.74 Å². The van der Waals surface area contributed by atoms with Crippen molar-refractivity contribution >= 4 is 22.0 Å². The third-order valence-corrected chi connectivity index (χ3v) is 7.22. The molecule has 5 nitrogen and oxygen atoms in total. The van der Waals surface area contributed by atoms with Crippen molar-refractivity contribution in [2.75, 3.05) is 6.61 Å². The molecule has 2 atom stereocenters. The van der Waals surface area contributed by atoms with E-state index in [2.05, 4.69) is 17.0 Å². The Morgan fingerprint density at radius 3 is 2.49 bits per heavy atom. The van der Waals surface area contributed by atoms with E-state index in [-0.39, 0.29) is 23.3 Å². The number of pyridine rings is 1. The van der Waals surface area contributed by atoms with E-state index in [4.69, 9.17) is 9.47 Å². The van der Waals surface area contributed by atoms with Crippen molar-refractivity contribution in [3.8, 4) is 5.88 Å². The average Bonchev–Trinajstić information content (AvgIpc) is 3.30. The summed E-state index contributed by atoms with van der Waals surface area (Å²) in [5.41, 5.74) is 2.22. The van der Waals surface area contributed by atoms with E-state index in [1.807, 2.05) is 6.92 Å². The van der Waals surface area contributed by atoms with Gasteiger partial charge in [0, 0.05) is 24.4 Å². The molecule has 0 spiro atoms. The molecule has 0 amide bonds. The molecule has 0 N–H and O–H groups in total. The van der Waals surface area contributed by atoms with Crippen LogP contribution in [0, 0.1) is 5.95 Å². The van der Waals surface area contributed by atoms with Crippen molar-refractivity contribution in [3.05, 3.63) is 89.5 Å². The maximum Gasteiger partial charge on any atom is 0.393 e. The summed E-state index contributed by atoms with van der Waals surface area (Å²) in [7, 11) is 0. The van der Waals surface area contributed by atoms with Crippen LogP contribution in [0.3, 0.4) is 0 Å². The van der Waals surface area contributed by atoms with Crippen LogP contribution in [0.1, 0.15) is 75.3 Å². The molecule has 41 heavy (non-hydrogen) atoms. The van der Waals surface area contributed by atoms with Gasteiger partial charge >= 0.3 is 6.18 Å². The number of allylic oxidation sites excluding steroid dienone is 1. The van der Waals surface area contributed by atoms with Gasteiger partial charge in [0.15, 0.2) is 6.23 Å². The van der Waals surface area contributed by atoms with Crippen molar-refractivity contribution in [1.29, 1.82) is 0 Å². The predicted molar refractivity (Wildman–Crippen MR) is 151 cm³/mol. The Bertz CT molecular complexity index is 1490. The Kier molecular flexibility index (Phi) is 8.73. The normalized spacial score (nSPS) is 17.4. The van der Waals surface area contributed by atoms with E-state index in [1.54, 1.807) is 60.7 Å². The van der Waals surface area contributed by atoms with Gasteiger partial charge in [-0.25, -0.2) is 9.67 Å². The second kappa shape index (κ2) is 12.4. The Morgan fingerprint density at radius 1 is 1.05 bits per heavy atom. The van der Waals surface area contributed by atoms with Crippen LogP contribution in [0.4, 0.5) is 17.6 Å². The van der Waals surface area contributed by atoms with Crippen LogP contribution in [-0.4, -0.2) is 33.7 Å². The number of halogens is 4. The lowest BCUT2D eigenvalue weighted by atomic mass is 9.88. The first kappa shape index (κ1) is 28.8. The molecule has 4 aromatic rings. The van der Waals surface area contributed by atoms with Gasteiger partial charge in [-0.2, -0.15) is 17.6 Å². The zero-order valence-corrected chi connectivity index (χ0v) is 23.1. The molecule has 1 saturated heterocycles. The molecule has 216 valence electrons. The van der Waals surface area contributed by atoms with Gasteiger partial charge in [-0.1, -0.05) is 49.7 Å². The van der Waals surface area contributed by atoms with Gasteiger partial charge in [-0.3, -0.25) is 0 Å². The smallest absolute Gasteiger partial charge is 0.393 e. The average molecular weight is 568 g/mol. The van der Waals surface area contributed by atoms with Crippen LogP contribution >= 0.6 is 0 Å². The van der Waals surface area contributed by atoms with Crippen LogP contribution < -0.4 is 4.74 Å². The van der Waals surface area contributed by atoms with Crippen LogP contribution in [0.15, 0.2) is 66.9 Å². The molecular formula is C32H33F4N3O2. The maximum atomic E-state index is 15.2. The number of benzene rings is 2. The van der Waals surface area contributed by atoms with Crippen molar-refractivity contribution in [3.63, 3.8) is 0 Å². The predicted octanol–water partition coefficient (Wildman–Crippen LogP) is 8.75. The van der Waals surface area contributed by atoms with E-state index < -0.39 is 18.5 Å². The Morgan fingerprint density at radius 2 is 1.83 bits per heavy atom. The third kappa shape index (κ3) is 6.78. The molecular weight excluding hydrogens is 534 g/mol. The number of rotatable bonds is 9. The van der Waals surface area contributed by atoms with Crippen molar-refractivity contribution in [2.45, 2.75) is 70.9 Å². The first-order chi connectivity index (χ1) is 19.7. The van der Waals surface area contributed by atoms with E-state index >= 15 is 4.39 Å². The van der Waals surface area contributed by atoms with Crippen LogP contribution in [0.25, 0.3) is 22.0 Å². The molecule has 1 aliphatic heterocycles. The molecule has 3 heterocycles. The molecule has 0 bridgehead atoms. The van der Waals surface area contributed by atoms with Gasteiger partial charge in [0.05, 0.1) is 23.4 Å². The first-order valence-electron chi connectivity index (χ1n) is 14.0. The maximum absolute atomic E-state index is 15.2. The lowest BCUT2D eigenvalue weighted by molar-refractivity contribution is -0.122. The topological polar surface area (TPSA) is 49.2 Å². The van der Waals surface area contributed by atoms with E-state index in [1.165, 1.54) is 10.9 Å². The van der Waals surface area contributed by atoms with Crippen molar-refractivity contribution < 1.29 is 27.0 Å². The summed E-state index contributed by atoms with van der Waals surface area (Å²) >= 11 is 0. The molecule has 2 aromatic carbocycles. The SMILES string of the molecule is CCCC(C)Oc1ccc(/C(=C(/CC(F)(F)F)c2ccccc2)c2ccc3c(c2)c(F)nn3C2CCCCO2)cn1. The Balaban J connectivity index is 1.66. The van der Waals surface area contributed by atoms with Gasteiger partial charge < -0.3 is 9.47 Å². The molecule has 1 fully saturated rings. The minimum Gasteiger partial charge on any atom is -0.475 e. The summed E-state index contributed by atoms with van der Waals surface area (Å²) in [5, 5.41) is 4.32.